The number of benzene rings is 2. The van der Waals surface area contributed by atoms with Crippen LogP contribution in [0.2, 0.25) is 0 Å². The minimum Gasteiger partial charge on any atom is -0.356 e. The zero-order valence-corrected chi connectivity index (χ0v) is 22.5. The molecular weight excluding hydrogens is 508 g/mol. The number of Topliss-reactive ketones (excluding diaryl/α,β-unsaturated/α-hetero) is 1. The normalized spacial score (nSPS) is 14.4. The van der Waals surface area contributed by atoms with Gasteiger partial charge in [0, 0.05) is 47.5 Å². The Balaban J connectivity index is 1.22. The van der Waals surface area contributed by atoms with Gasteiger partial charge in [-0.25, -0.2) is 4.98 Å². The average molecular weight is 537 g/mol. The summed E-state index contributed by atoms with van der Waals surface area (Å²) in [7, 11) is 0. The smallest absolute Gasteiger partial charge is 0.259 e. The molecule has 39 heavy (non-hydrogen) atoms. The van der Waals surface area contributed by atoms with E-state index in [1.807, 2.05) is 30.3 Å². The van der Waals surface area contributed by atoms with E-state index in [9.17, 15) is 14.4 Å². The highest BCUT2D eigenvalue weighted by molar-refractivity contribution is 7.17. The van der Waals surface area contributed by atoms with Crippen LogP contribution in [0.25, 0.3) is 10.4 Å². The maximum Gasteiger partial charge on any atom is 0.259 e. The number of nitrogens with zero attached hydrogens (tertiary/aromatic N) is 3. The fourth-order valence-corrected chi connectivity index (χ4v) is 6.43. The van der Waals surface area contributed by atoms with Crippen LogP contribution >= 0.6 is 11.3 Å². The van der Waals surface area contributed by atoms with Gasteiger partial charge in [-0.15, -0.1) is 11.3 Å². The van der Waals surface area contributed by atoms with E-state index in [2.05, 4.69) is 15.2 Å². The molecule has 0 unspecified atom stereocenters. The molecule has 2 aromatic carbocycles. The number of anilines is 3. The first kappa shape index (κ1) is 25.0. The molecule has 196 valence electrons. The molecule has 2 aromatic heterocycles. The zero-order chi connectivity index (χ0) is 26.9. The van der Waals surface area contributed by atoms with Gasteiger partial charge in [0.05, 0.1) is 16.1 Å². The lowest BCUT2D eigenvalue weighted by molar-refractivity contribution is 0.0984. The van der Waals surface area contributed by atoms with Gasteiger partial charge in [-0.3, -0.25) is 14.4 Å². The Bertz CT molecular complexity index is 1570. The highest BCUT2D eigenvalue weighted by atomic mass is 32.1. The van der Waals surface area contributed by atoms with E-state index in [1.165, 1.54) is 11.3 Å². The van der Waals surface area contributed by atoms with Gasteiger partial charge in [0.2, 0.25) is 0 Å². The van der Waals surface area contributed by atoms with E-state index in [-0.39, 0.29) is 17.6 Å². The SMILES string of the molecule is CC(=O)c1cc2c(s1)-c1ccccc1N(C(=O)c1ccc(NC(=O)c3cccnc3N3CCCC3)cc1)CC2. The van der Waals surface area contributed by atoms with Gasteiger partial charge in [0.25, 0.3) is 11.8 Å². The Morgan fingerprint density at radius 3 is 2.46 bits per heavy atom. The minimum absolute atomic E-state index is 0.0569. The van der Waals surface area contributed by atoms with Gasteiger partial charge >= 0.3 is 0 Å². The number of rotatable bonds is 5. The van der Waals surface area contributed by atoms with Crippen LogP contribution in [0, 0.1) is 0 Å². The topological polar surface area (TPSA) is 82.6 Å². The number of pyridine rings is 1. The molecule has 0 spiro atoms. The fraction of sp³-hybridized carbons (Fsp3) is 0.226. The summed E-state index contributed by atoms with van der Waals surface area (Å²) in [5, 5.41) is 2.96. The number of amides is 2. The molecule has 0 bridgehead atoms. The van der Waals surface area contributed by atoms with Crippen molar-refractivity contribution in [2.24, 2.45) is 0 Å². The number of carbonyl (C=O) groups is 3. The van der Waals surface area contributed by atoms with Crippen molar-refractivity contribution >= 4 is 46.1 Å². The predicted octanol–water partition coefficient (Wildman–Crippen LogP) is 6.07. The van der Waals surface area contributed by atoms with Gasteiger partial charge in [0.1, 0.15) is 5.82 Å². The van der Waals surface area contributed by atoms with Crippen molar-refractivity contribution in [3.8, 4) is 10.4 Å². The van der Waals surface area contributed by atoms with Crippen molar-refractivity contribution in [2.75, 3.05) is 34.8 Å². The molecule has 0 saturated carbocycles. The average Bonchev–Trinajstić information content (AvgIpc) is 3.62. The first-order valence-corrected chi connectivity index (χ1v) is 14.0. The quantitative estimate of drug-likeness (QED) is 0.313. The molecular formula is C31H28N4O3S. The molecule has 8 heteroatoms. The van der Waals surface area contributed by atoms with Crippen LogP contribution in [0.15, 0.2) is 72.9 Å². The van der Waals surface area contributed by atoms with Gasteiger partial charge in [-0.05, 0) is 80.3 Å². The summed E-state index contributed by atoms with van der Waals surface area (Å²) in [6.07, 6.45) is 4.58. The Labute approximate surface area is 231 Å². The van der Waals surface area contributed by atoms with Gasteiger partial charge in [0.15, 0.2) is 5.78 Å². The van der Waals surface area contributed by atoms with E-state index in [4.69, 9.17) is 0 Å². The summed E-state index contributed by atoms with van der Waals surface area (Å²) in [6.45, 7) is 3.90. The molecule has 7 nitrogen and oxygen atoms in total. The summed E-state index contributed by atoms with van der Waals surface area (Å²) >= 11 is 1.49. The molecule has 0 radical (unpaired) electrons. The monoisotopic (exact) mass is 536 g/mol. The molecule has 4 aromatic rings. The second-order valence-corrected chi connectivity index (χ2v) is 10.9. The number of ketones is 1. The highest BCUT2D eigenvalue weighted by Gasteiger charge is 2.27. The number of aromatic nitrogens is 1. The predicted molar refractivity (Wildman–Crippen MR) is 155 cm³/mol. The fourth-order valence-electron chi connectivity index (χ4n) is 5.29. The van der Waals surface area contributed by atoms with Crippen molar-refractivity contribution in [1.29, 1.82) is 0 Å². The van der Waals surface area contributed by atoms with Crippen LogP contribution < -0.4 is 15.1 Å². The van der Waals surface area contributed by atoms with Gasteiger partial charge in [-0.2, -0.15) is 0 Å². The number of hydrogen-bond donors (Lipinski definition) is 1. The Hall–Kier alpha value is -4.30. The van der Waals surface area contributed by atoms with Crippen LogP contribution in [0.3, 0.4) is 0 Å². The minimum atomic E-state index is -0.221. The lowest BCUT2D eigenvalue weighted by atomic mass is 10.1. The number of thiophene rings is 1. The largest absolute Gasteiger partial charge is 0.356 e. The highest BCUT2D eigenvalue weighted by Crippen LogP contribution is 2.42. The molecule has 1 saturated heterocycles. The molecule has 4 heterocycles. The van der Waals surface area contributed by atoms with Crippen molar-refractivity contribution < 1.29 is 14.4 Å². The molecule has 6 rings (SSSR count). The summed E-state index contributed by atoms with van der Waals surface area (Å²) in [5.74, 6) is 0.442. The van der Waals surface area contributed by atoms with Crippen LogP contribution in [-0.4, -0.2) is 42.2 Å². The van der Waals surface area contributed by atoms with Crippen LogP contribution in [0.4, 0.5) is 17.2 Å². The molecule has 2 aliphatic rings. The third-order valence-corrected chi connectivity index (χ3v) is 8.58. The summed E-state index contributed by atoms with van der Waals surface area (Å²) < 4.78 is 0. The third kappa shape index (κ3) is 4.83. The second-order valence-electron chi connectivity index (χ2n) is 9.85. The van der Waals surface area contributed by atoms with E-state index in [0.717, 1.165) is 52.5 Å². The van der Waals surface area contributed by atoms with E-state index < -0.39 is 0 Å². The molecule has 0 aliphatic carbocycles. The number of nitrogens with one attached hydrogen (secondary N) is 1. The second kappa shape index (κ2) is 10.5. The molecule has 1 N–H and O–H groups in total. The van der Waals surface area contributed by atoms with Crippen molar-refractivity contribution in [2.45, 2.75) is 26.2 Å². The van der Waals surface area contributed by atoms with E-state index >= 15 is 0 Å². The number of fused-ring (bicyclic) bond motifs is 3. The van der Waals surface area contributed by atoms with Crippen molar-refractivity contribution in [3.63, 3.8) is 0 Å². The first-order valence-electron chi connectivity index (χ1n) is 13.2. The van der Waals surface area contributed by atoms with Crippen molar-refractivity contribution in [1.82, 2.24) is 4.98 Å². The maximum atomic E-state index is 13.7. The van der Waals surface area contributed by atoms with E-state index in [0.29, 0.717) is 35.6 Å². The summed E-state index contributed by atoms with van der Waals surface area (Å²) in [6, 6.07) is 20.4. The first-order chi connectivity index (χ1) is 19.0. The van der Waals surface area contributed by atoms with Gasteiger partial charge < -0.3 is 15.1 Å². The van der Waals surface area contributed by atoms with Gasteiger partial charge in [-0.1, -0.05) is 18.2 Å². The molecule has 1 fully saturated rings. The lowest BCUT2D eigenvalue weighted by Gasteiger charge is -2.23. The van der Waals surface area contributed by atoms with E-state index in [1.54, 1.807) is 54.4 Å². The Morgan fingerprint density at radius 2 is 1.69 bits per heavy atom. The molecule has 2 aliphatic heterocycles. The number of hydrogen-bond acceptors (Lipinski definition) is 6. The lowest BCUT2D eigenvalue weighted by Crippen LogP contribution is -2.32. The number of carbonyl (C=O) groups excluding carboxylic acids is 3. The van der Waals surface area contributed by atoms with Crippen molar-refractivity contribution in [3.05, 3.63) is 94.5 Å². The van der Waals surface area contributed by atoms with Crippen LogP contribution in [0.1, 0.15) is 55.7 Å². The zero-order valence-electron chi connectivity index (χ0n) is 21.6. The molecule has 2 amide bonds. The number of para-hydroxylation sites is 1. The van der Waals surface area contributed by atoms with Crippen LogP contribution in [0.5, 0.6) is 0 Å². The third-order valence-electron chi connectivity index (χ3n) is 7.27. The van der Waals surface area contributed by atoms with Crippen LogP contribution in [-0.2, 0) is 6.42 Å². The Kier molecular flexibility index (Phi) is 6.70. The summed E-state index contributed by atoms with van der Waals surface area (Å²) in [5.41, 5.74) is 4.59. The maximum absolute atomic E-state index is 13.7. The summed E-state index contributed by atoms with van der Waals surface area (Å²) in [4.78, 5) is 49.0. The standard InChI is InChI=1S/C31H28N4O3S/c1-20(36)27-19-22-14-18-35(26-9-3-2-7-24(26)28(22)39-27)31(38)21-10-12-23(13-11-21)33-30(37)25-8-6-15-32-29(25)34-16-4-5-17-34/h2-3,6-13,15,19H,4-5,14,16-18H2,1H3,(H,33,37). The Morgan fingerprint density at radius 1 is 0.923 bits per heavy atom. The molecule has 0 atom stereocenters.